The molecule has 8 nitrogen and oxygen atoms in total. The van der Waals surface area contributed by atoms with E-state index in [9.17, 15) is 14.7 Å². The van der Waals surface area contributed by atoms with Crippen LogP contribution in [0, 0.1) is 0 Å². The third kappa shape index (κ3) is 6.73. The second-order valence-electron chi connectivity index (χ2n) is 11.0. The van der Waals surface area contributed by atoms with Crippen LogP contribution in [0.1, 0.15) is 61.4 Å². The summed E-state index contributed by atoms with van der Waals surface area (Å²) in [6, 6.07) is 19.3. The Morgan fingerprint density at radius 1 is 1.11 bits per heavy atom. The third-order valence-corrected chi connectivity index (χ3v) is 10.1. The van der Waals surface area contributed by atoms with Crippen molar-refractivity contribution in [3.05, 3.63) is 99.6 Å². The maximum Gasteiger partial charge on any atom is 0.301 e. The molecular weight excluding hydrogens is 630 g/mol. The molecule has 0 unspecified atom stereocenters. The van der Waals surface area contributed by atoms with Gasteiger partial charge in [-0.1, -0.05) is 78.7 Å². The molecule has 0 aliphatic carbocycles. The van der Waals surface area contributed by atoms with Crippen molar-refractivity contribution in [1.82, 2.24) is 10.2 Å². The predicted octanol–water partition coefficient (Wildman–Crippen LogP) is 8.00. The summed E-state index contributed by atoms with van der Waals surface area (Å²) in [5.74, 6) is 0.184. The molecule has 11 heteroatoms. The number of carbonyl (C=O) groups excluding carboxylic acids is 2. The first-order valence-electron chi connectivity index (χ1n) is 14.9. The Hall–Kier alpha value is -3.86. The summed E-state index contributed by atoms with van der Waals surface area (Å²) < 4.78 is 12.5. The van der Waals surface area contributed by atoms with Gasteiger partial charge in [0.25, 0.3) is 5.78 Å². The quantitative estimate of drug-likeness (QED) is 0.0431. The van der Waals surface area contributed by atoms with Gasteiger partial charge in [-0.25, -0.2) is 0 Å². The Bertz CT molecular complexity index is 1760. The second-order valence-corrected chi connectivity index (χ2v) is 13.6. The number of hydrogen-bond acceptors (Lipinski definition) is 9. The minimum absolute atomic E-state index is 0.0133. The fraction of sp³-hybridized carbons (Fsp3) is 0.294. The Morgan fingerprint density at radius 2 is 1.93 bits per heavy atom. The SMILES string of the molecule is CCCCCOc1cccc([C@@H]2C(=C(O)c3ccc4c(c3)C[C@@H](C)O4)C(=O)C(=O)N2c2nnc(SCc3ccc(Cl)cc3)s2)c1. The highest BCUT2D eigenvalue weighted by molar-refractivity contribution is 8.00. The molecule has 1 fully saturated rings. The molecule has 0 radical (unpaired) electrons. The molecule has 2 aliphatic heterocycles. The van der Waals surface area contributed by atoms with Gasteiger partial charge in [0.2, 0.25) is 5.13 Å². The van der Waals surface area contributed by atoms with E-state index in [1.165, 1.54) is 28.0 Å². The van der Waals surface area contributed by atoms with Gasteiger partial charge in [0.15, 0.2) is 4.34 Å². The lowest BCUT2D eigenvalue weighted by molar-refractivity contribution is -0.132. The number of amides is 1. The average molecular weight is 662 g/mol. The van der Waals surface area contributed by atoms with Crippen LogP contribution in [-0.4, -0.2) is 39.7 Å². The number of nitrogens with zero attached hydrogens (tertiary/aromatic N) is 3. The van der Waals surface area contributed by atoms with Crippen molar-refractivity contribution in [2.75, 3.05) is 11.5 Å². The first kappa shape index (κ1) is 31.1. The van der Waals surface area contributed by atoms with Gasteiger partial charge >= 0.3 is 5.91 Å². The van der Waals surface area contributed by atoms with Gasteiger partial charge in [-0.2, -0.15) is 0 Å². The van der Waals surface area contributed by atoms with E-state index in [1.807, 2.05) is 61.5 Å². The monoisotopic (exact) mass is 661 g/mol. The summed E-state index contributed by atoms with van der Waals surface area (Å²) in [6.07, 6.45) is 3.76. The fourth-order valence-electron chi connectivity index (χ4n) is 5.47. The number of aliphatic hydroxyl groups excluding tert-OH is 1. The molecule has 6 rings (SSSR count). The molecule has 2 atom stereocenters. The van der Waals surface area contributed by atoms with E-state index in [-0.39, 0.29) is 22.6 Å². The number of aromatic nitrogens is 2. The number of carbonyl (C=O) groups is 2. The molecular formula is C34H32ClN3O5S2. The standard InChI is InChI=1S/C34H32ClN3O5S2/c1-3-4-5-15-42-26-8-6-7-22(18-26)29-28(30(39)23-11-14-27-24(17-23)16-20(2)43-27)31(40)32(41)38(29)33-36-37-34(45-33)44-19-21-9-12-25(35)13-10-21/h6-14,17-18,20,29,39H,3-5,15-16,19H2,1-2H3/t20-,29-/m1/s1. The molecule has 1 N–H and O–H groups in total. The van der Waals surface area contributed by atoms with Crippen LogP contribution in [0.4, 0.5) is 5.13 Å². The van der Waals surface area contributed by atoms with Gasteiger partial charge in [0, 0.05) is 22.8 Å². The highest BCUT2D eigenvalue weighted by Crippen LogP contribution is 2.45. The Labute approximate surface area is 275 Å². The van der Waals surface area contributed by atoms with Gasteiger partial charge in [-0.15, -0.1) is 10.2 Å². The molecule has 3 aromatic carbocycles. The average Bonchev–Trinajstić information content (AvgIpc) is 3.73. The fourth-order valence-corrected chi connectivity index (χ4v) is 7.42. The van der Waals surface area contributed by atoms with Crippen molar-refractivity contribution in [2.45, 2.75) is 61.8 Å². The predicted molar refractivity (Wildman–Crippen MR) is 177 cm³/mol. The van der Waals surface area contributed by atoms with Crippen molar-refractivity contribution in [1.29, 1.82) is 0 Å². The van der Waals surface area contributed by atoms with Crippen LogP contribution in [0.5, 0.6) is 11.5 Å². The molecule has 2 aliphatic rings. The van der Waals surface area contributed by atoms with E-state index in [2.05, 4.69) is 17.1 Å². The van der Waals surface area contributed by atoms with Crippen molar-refractivity contribution < 1.29 is 24.2 Å². The Morgan fingerprint density at radius 3 is 2.73 bits per heavy atom. The van der Waals surface area contributed by atoms with Crippen LogP contribution < -0.4 is 14.4 Å². The number of unbranched alkanes of at least 4 members (excludes halogenated alkanes) is 2. The van der Waals surface area contributed by atoms with Gasteiger partial charge in [0.1, 0.15) is 23.4 Å². The van der Waals surface area contributed by atoms with E-state index >= 15 is 0 Å². The third-order valence-electron chi connectivity index (χ3n) is 7.68. The van der Waals surface area contributed by atoms with Crippen LogP contribution in [0.15, 0.2) is 76.6 Å². The molecule has 45 heavy (non-hydrogen) atoms. The van der Waals surface area contributed by atoms with Crippen LogP contribution in [-0.2, 0) is 21.8 Å². The second kappa shape index (κ2) is 13.6. The Balaban J connectivity index is 1.37. The molecule has 232 valence electrons. The van der Waals surface area contributed by atoms with Gasteiger partial charge in [0.05, 0.1) is 18.2 Å². The number of ether oxygens (including phenoxy) is 2. The number of ketones is 1. The molecule has 3 heterocycles. The van der Waals surface area contributed by atoms with Gasteiger partial charge in [-0.05, 0) is 72.5 Å². The lowest BCUT2D eigenvalue weighted by Crippen LogP contribution is -2.29. The lowest BCUT2D eigenvalue weighted by Gasteiger charge is -2.23. The molecule has 0 saturated carbocycles. The molecule has 4 aromatic rings. The lowest BCUT2D eigenvalue weighted by atomic mass is 9.94. The molecule has 1 aromatic heterocycles. The number of hydrogen-bond donors (Lipinski definition) is 1. The summed E-state index contributed by atoms with van der Waals surface area (Å²) >= 11 is 8.71. The van der Waals surface area contributed by atoms with Crippen molar-refractivity contribution in [3.8, 4) is 11.5 Å². The van der Waals surface area contributed by atoms with E-state index in [4.69, 9.17) is 21.1 Å². The molecule has 0 spiro atoms. The van der Waals surface area contributed by atoms with Crippen molar-refractivity contribution in [3.63, 3.8) is 0 Å². The first-order valence-corrected chi connectivity index (χ1v) is 17.0. The number of halogens is 1. The summed E-state index contributed by atoms with van der Waals surface area (Å²) in [6.45, 7) is 4.66. The van der Waals surface area contributed by atoms with E-state index in [0.717, 1.165) is 36.1 Å². The maximum atomic E-state index is 13.7. The van der Waals surface area contributed by atoms with Crippen molar-refractivity contribution >= 4 is 57.3 Å². The van der Waals surface area contributed by atoms with Crippen LogP contribution in [0.2, 0.25) is 5.02 Å². The van der Waals surface area contributed by atoms with Crippen molar-refractivity contribution in [2.24, 2.45) is 0 Å². The zero-order valence-electron chi connectivity index (χ0n) is 24.9. The van der Waals surface area contributed by atoms with Crippen LogP contribution in [0.25, 0.3) is 5.76 Å². The summed E-state index contributed by atoms with van der Waals surface area (Å²) in [7, 11) is 0. The number of rotatable bonds is 11. The van der Waals surface area contributed by atoms with Gasteiger partial charge in [-0.3, -0.25) is 14.5 Å². The van der Waals surface area contributed by atoms with E-state index < -0.39 is 17.7 Å². The molecule has 1 saturated heterocycles. The normalized spacial score (nSPS) is 18.7. The molecule has 1 amide bonds. The topological polar surface area (TPSA) is 102 Å². The maximum absolute atomic E-state index is 13.7. The largest absolute Gasteiger partial charge is 0.507 e. The van der Waals surface area contributed by atoms with E-state index in [1.54, 1.807) is 12.1 Å². The zero-order chi connectivity index (χ0) is 31.5. The number of fused-ring (bicyclic) bond motifs is 1. The first-order chi connectivity index (χ1) is 21.8. The summed E-state index contributed by atoms with van der Waals surface area (Å²) in [5, 5.41) is 21.2. The highest BCUT2D eigenvalue weighted by atomic mass is 35.5. The number of thioether (sulfide) groups is 1. The number of benzene rings is 3. The number of aliphatic hydroxyl groups is 1. The van der Waals surface area contributed by atoms with Crippen LogP contribution in [0.3, 0.4) is 0 Å². The Kier molecular flexibility index (Phi) is 9.44. The number of Topliss-reactive ketones (excluding diaryl/α,β-unsaturated/α-hetero) is 1. The van der Waals surface area contributed by atoms with Gasteiger partial charge < -0.3 is 14.6 Å². The minimum Gasteiger partial charge on any atom is -0.507 e. The molecule has 0 bridgehead atoms. The summed E-state index contributed by atoms with van der Waals surface area (Å²) in [5.41, 5.74) is 3.05. The minimum atomic E-state index is -0.935. The van der Waals surface area contributed by atoms with E-state index in [0.29, 0.717) is 45.0 Å². The number of anilines is 1. The highest BCUT2D eigenvalue weighted by Gasteiger charge is 2.48. The zero-order valence-corrected chi connectivity index (χ0v) is 27.3. The summed E-state index contributed by atoms with van der Waals surface area (Å²) in [4.78, 5) is 28.8. The smallest absolute Gasteiger partial charge is 0.301 e. The van der Waals surface area contributed by atoms with Crippen LogP contribution >= 0.6 is 34.7 Å².